The second-order valence-electron chi connectivity index (χ2n) is 3.66. The fraction of sp³-hybridized carbons (Fsp3) is 0.182. The molecule has 1 aromatic heterocycles. The Morgan fingerprint density at radius 3 is 3.00 bits per heavy atom. The molecule has 0 saturated heterocycles. The number of aliphatic carboxylic acids is 1. The normalized spacial score (nSPS) is 10.4. The van der Waals surface area contributed by atoms with Gasteiger partial charge in [-0.1, -0.05) is 40.8 Å². The molecule has 0 aliphatic rings. The van der Waals surface area contributed by atoms with Gasteiger partial charge in [0, 0.05) is 0 Å². The molecular formula is C11H10ClN3O2S2. The number of nitrogens with zero attached hydrogens (tertiary/aromatic N) is 2. The maximum absolute atomic E-state index is 10.4. The lowest BCUT2D eigenvalue weighted by atomic mass is 10.2. The first-order chi connectivity index (χ1) is 9.04. The van der Waals surface area contributed by atoms with Gasteiger partial charge in [0.25, 0.3) is 0 Å². The molecule has 0 saturated carbocycles. The molecule has 2 N–H and O–H groups in total. The van der Waals surface area contributed by atoms with Crippen molar-refractivity contribution in [2.24, 2.45) is 0 Å². The first-order valence-electron chi connectivity index (χ1n) is 5.26. The highest BCUT2D eigenvalue weighted by Gasteiger charge is 2.08. The molecule has 0 atom stereocenters. The first kappa shape index (κ1) is 14.1. The van der Waals surface area contributed by atoms with Crippen molar-refractivity contribution in [3.8, 4) is 0 Å². The minimum atomic E-state index is -0.878. The highest BCUT2D eigenvalue weighted by molar-refractivity contribution is 8.01. The number of rotatable bonds is 5. The molecule has 1 heterocycles. The van der Waals surface area contributed by atoms with Crippen LogP contribution in [0.3, 0.4) is 0 Å². The summed E-state index contributed by atoms with van der Waals surface area (Å²) in [5, 5.41) is 20.7. The molecule has 8 heteroatoms. The van der Waals surface area contributed by atoms with Gasteiger partial charge < -0.3 is 10.4 Å². The average molecular weight is 316 g/mol. The molecule has 1 aromatic carbocycles. The van der Waals surface area contributed by atoms with E-state index >= 15 is 0 Å². The Kier molecular flexibility index (Phi) is 4.62. The monoisotopic (exact) mass is 315 g/mol. The number of anilines is 2. The quantitative estimate of drug-likeness (QED) is 0.823. The Balaban J connectivity index is 2.05. The third kappa shape index (κ3) is 4.09. The summed E-state index contributed by atoms with van der Waals surface area (Å²) in [5.41, 5.74) is 1.82. The lowest BCUT2D eigenvalue weighted by molar-refractivity contribution is -0.133. The molecule has 5 nitrogen and oxygen atoms in total. The van der Waals surface area contributed by atoms with Crippen molar-refractivity contribution in [1.29, 1.82) is 0 Å². The standard InChI is InChI=1S/C11H10ClN3O2S2/c1-6-2-3-8(7(12)4-6)13-10-14-15-11(19-10)18-5-9(16)17/h2-4H,5H2,1H3,(H,13,14)(H,16,17). The highest BCUT2D eigenvalue weighted by atomic mass is 35.5. The zero-order valence-electron chi connectivity index (χ0n) is 9.88. The molecule has 0 aliphatic carbocycles. The third-order valence-electron chi connectivity index (χ3n) is 2.09. The highest BCUT2D eigenvalue weighted by Crippen LogP contribution is 2.30. The van der Waals surface area contributed by atoms with Gasteiger partial charge in [0.15, 0.2) is 4.34 Å². The number of carboxylic acid groups (broad SMARTS) is 1. The van der Waals surface area contributed by atoms with Crippen LogP contribution in [0, 0.1) is 6.92 Å². The average Bonchev–Trinajstić information content (AvgIpc) is 2.78. The van der Waals surface area contributed by atoms with Gasteiger partial charge in [-0.05, 0) is 24.6 Å². The van der Waals surface area contributed by atoms with E-state index in [0.29, 0.717) is 14.5 Å². The molecule has 100 valence electrons. The van der Waals surface area contributed by atoms with Crippen LogP contribution >= 0.6 is 34.7 Å². The van der Waals surface area contributed by atoms with Gasteiger partial charge in [-0.25, -0.2) is 0 Å². The Morgan fingerprint density at radius 1 is 1.53 bits per heavy atom. The Bertz CT molecular complexity index is 603. The van der Waals surface area contributed by atoms with E-state index in [4.69, 9.17) is 16.7 Å². The lowest BCUT2D eigenvalue weighted by Gasteiger charge is -2.04. The molecule has 0 aliphatic heterocycles. The topological polar surface area (TPSA) is 75.1 Å². The molecule has 2 rings (SSSR count). The number of hydrogen-bond donors (Lipinski definition) is 2. The molecule has 0 radical (unpaired) electrons. The number of hydrogen-bond acceptors (Lipinski definition) is 6. The van der Waals surface area contributed by atoms with Crippen LogP contribution in [-0.2, 0) is 4.79 Å². The van der Waals surface area contributed by atoms with Crippen molar-refractivity contribution in [3.05, 3.63) is 28.8 Å². The summed E-state index contributed by atoms with van der Waals surface area (Å²) in [6.45, 7) is 1.96. The van der Waals surface area contributed by atoms with E-state index in [9.17, 15) is 4.79 Å². The van der Waals surface area contributed by atoms with Crippen LogP contribution < -0.4 is 5.32 Å². The van der Waals surface area contributed by atoms with Crippen molar-refractivity contribution in [3.63, 3.8) is 0 Å². The van der Waals surface area contributed by atoms with Gasteiger partial charge in [0.1, 0.15) is 0 Å². The number of nitrogens with one attached hydrogen (secondary N) is 1. The van der Waals surface area contributed by atoms with Crippen LogP contribution in [0.25, 0.3) is 0 Å². The molecule has 0 spiro atoms. The Labute approximate surface area is 123 Å². The van der Waals surface area contributed by atoms with Crippen molar-refractivity contribution in [2.45, 2.75) is 11.3 Å². The summed E-state index contributed by atoms with van der Waals surface area (Å²) < 4.78 is 0.605. The van der Waals surface area contributed by atoms with Gasteiger partial charge in [0.2, 0.25) is 5.13 Å². The molecular weight excluding hydrogens is 306 g/mol. The number of thioether (sulfide) groups is 1. The molecule has 0 fully saturated rings. The number of aryl methyl sites for hydroxylation is 1. The third-order valence-corrected chi connectivity index (χ3v) is 4.36. The zero-order valence-corrected chi connectivity index (χ0v) is 12.3. The van der Waals surface area contributed by atoms with Crippen LogP contribution in [0.1, 0.15) is 5.56 Å². The largest absolute Gasteiger partial charge is 0.481 e. The second kappa shape index (κ2) is 6.23. The summed E-state index contributed by atoms with van der Waals surface area (Å²) in [6.07, 6.45) is 0. The number of carbonyl (C=O) groups is 1. The van der Waals surface area contributed by atoms with Crippen LogP contribution in [-0.4, -0.2) is 27.0 Å². The van der Waals surface area contributed by atoms with Crippen LogP contribution in [0.2, 0.25) is 5.02 Å². The van der Waals surface area contributed by atoms with E-state index in [2.05, 4.69) is 15.5 Å². The van der Waals surface area contributed by atoms with Gasteiger partial charge in [-0.15, -0.1) is 10.2 Å². The molecule has 2 aromatic rings. The summed E-state index contributed by atoms with van der Waals surface area (Å²) in [4.78, 5) is 10.4. The summed E-state index contributed by atoms with van der Waals surface area (Å²) >= 11 is 8.53. The fourth-order valence-corrected chi connectivity index (χ4v) is 3.05. The fourth-order valence-electron chi connectivity index (χ4n) is 1.28. The lowest BCUT2D eigenvalue weighted by Crippen LogP contribution is -1.96. The molecule has 0 amide bonds. The van der Waals surface area contributed by atoms with E-state index < -0.39 is 5.97 Å². The Hall–Kier alpha value is -1.31. The number of benzene rings is 1. The van der Waals surface area contributed by atoms with E-state index in [1.807, 2.05) is 25.1 Å². The summed E-state index contributed by atoms with van der Waals surface area (Å²) in [7, 11) is 0. The first-order valence-corrected chi connectivity index (χ1v) is 7.44. The summed E-state index contributed by atoms with van der Waals surface area (Å²) in [6, 6.07) is 5.66. The number of halogens is 1. The SMILES string of the molecule is Cc1ccc(Nc2nnc(SCC(=O)O)s2)c(Cl)c1. The predicted octanol–water partition coefficient (Wildman–Crippen LogP) is 3.42. The Morgan fingerprint density at radius 2 is 2.32 bits per heavy atom. The van der Waals surface area contributed by atoms with Gasteiger partial charge in [-0.3, -0.25) is 4.79 Å². The minimum absolute atomic E-state index is 0.0279. The molecule has 0 unspecified atom stereocenters. The minimum Gasteiger partial charge on any atom is -0.481 e. The zero-order chi connectivity index (χ0) is 13.8. The second-order valence-corrected chi connectivity index (χ2v) is 6.27. The smallest absolute Gasteiger partial charge is 0.313 e. The summed E-state index contributed by atoms with van der Waals surface area (Å²) in [5.74, 6) is -0.906. The molecule has 19 heavy (non-hydrogen) atoms. The van der Waals surface area contributed by atoms with Crippen LogP contribution in [0.4, 0.5) is 10.8 Å². The maximum atomic E-state index is 10.4. The van der Waals surface area contributed by atoms with E-state index in [1.54, 1.807) is 0 Å². The van der Waals surface area contributed by atoms with Gasteiger partial charge in [0.05, 0.1) is 16.5 Å². The van der Waals surface area contributed by atoms with Crippen molar-refractivity contribution in [1.82, 2.24) is 10.2 Å². The van der Waals surface area contributed by atoms with E-state index in [1.165, 1.54) is 11.3 Å². The van der Waals surface area contributed by atoms with Crippen LogP contribution in [0.15, 0.2) is 22.5 Å². The number of aromatic nitrogens is 2. The van der Waals surface area contributed by atoms with Gasteiger partial charge >= 0.3 is 5.97 Å². The van der Waals surface area contributed by atoms with Crippen molar-refractivity contribution < 1.29 is 9.90 Å². The maximum Gasteiger partial charge on any atom is 0.313 e. The van der Waals surface area contributed by atoms with Crippen molar-refractivity contribution in [2.75, 3.05) is 11.1 Å². The molecule has 0 bridgehead atoms. The van der Waals surface area contributed by atoms with Gasteiger partial charge in [-0.2, -0.15) is 0 Å². The van der Waals surface area contributed by atoms with E-state index in [-0.39, 0.29) is 5.75 Å². The number of carboxylic acids is 1. The van der Waals surface area contributed by atoms with Crippen molar-refractivity contribution >= 4 is 51.5 Å². The van der Waals surface area contributed by atoms with Crippen LogP contribution in [0.5, 0.6) is 0 Å². The van der Waals surface area contributed by atoms with E-state index in [0.717, 1.165) is 23.0 Å². The predicted molar refractivity (Wildman–Crippen MR) is 77.7 cm³/mol.